The van der Waals surface area contributed by atoms with Crippen LogP contribution >= 0.6 is 0 Å². The van der Waals surface area contributed by atoms with E-state index in [2.05, 4.69) is 19.8 Å². The highest BCUT2D eigenvalue weighted by Gasteiger charge is 2.24. The highest BCUT2D eigenvalue weighted by molar-refractivity contribution is 5.85. The summed E-state index contributed by atoms with van der Waals surface area (Å²) in [5.74, 6) is -1.39. The molecule has 0 radical (unpaired) electrons. The molecule has 0 aromatic carbocycles. The number of rotatable bonds is 5. The number of hydrogen-bond donors (Lipinski definition) is 3. The minimum absolute atomic E-state index is 0.0705. The van der Waals surface area contributed by atoms with Crippen molar-refractivity contribution in [2.75, 3.05) is 19.5 Å². The number of carbonyl (C=O) groups is 2. The van der Waals surface area contributed by atoms with Crippen LogP contribution < -0.4 is 16.6 Å². The van der Waals surface area contributed by atoms with Crippen LogP contribution in [0.5, 0.6) is 0 Å². The van der Waals surface area contributed by atoms with Crippen LogP contribution in [-0.2, 0) is 19.1 Å². The summed E-state index contributed by atoms with van der Waals surface area (Å²) in [7, 11) is 2.31. The Hall–Kier alpha value is -2.58. The van der Waals surface area contributed by atoms with Gasteiger partial charge in [0.25, 0.3) is 5.56 Å². The molecular formula is C10H13N3O6. The van der Waals surface area contributed by atoms with E-state index in [0.29, 0.717) is 0 Å². The largest absolute Gasteiger partial charge is 0.469 e. The Labute approximate surface area is 106 Å². The predicted octanol–water partition coefficient (Wildman–Crippen LogP) is -1.42. The van der Waals surface area contributed by atoms with E-state index >= 15 is 0 Å². The van der Waals surface area contributed by atoms with Gasteiger partial charge in [-0.1, -0.05) is 0 Å². The van der Waals surface area contributed by atoms with Crippen molar-refractivity contribution < 1.29 is 19.1 Å². The van der Waals surface area contributed by atoms with Gasteiger partial charge >= 0.3 is 17.6 Å². The van der Waals surface area contributed by atoms with Gasteiger partial charge in [0.2, 0.25) is 0 Å². The molecule has 0 bridgehead atoms. The maximum atomic E-state index is 11.5. The number of ether oxygens (including phenoxy) is 2. The molecule has 9 heteroatoms. The molecule has 104 valence electrons. The number of anilines is 1. The van der Waals surface area contributed by atoms with Crippen molar-refractivity contribution in [3.63, 3.8) is 0 Å². The van der Waals surface area contributed by atoms with Gasteiger partial charge in [-0.05, 0) is 0 Å². The fourth-order valence-electron chi connectivity index (χ4n) is 1.29. The molecule has 0 saturated carbocycles. The maximum Gasteiger partial charge on any atom is 0.328 e. The van der Waals surface area contributed by atoms with Crippen molar-refractivity contribution in [3.8, 4) is 0 Å². The zero-order valence-electron chi connectivity index (χ0n) is 10.3. The Bertz CT molecular complexity index is 575. The van der Waals surface area contributed by atoms with E-state index in [1.165, 1.54) is 7.11 Å². The minimum atomic E-state index is -1.09. The van der Waals surface area contributed by atoms with Gasteiger partial charge in [-0.15, -0.1) is 0 Å². The first-order valence-electron chi connectivity index (χ1n) is 5.21. The van der Waals surface area contributed by atoms with Crippen LogP contribution in [0.15, 0.2) is 15.8 Å². The molecule has 3 N–H and O–H groups in total. The molecule has 1 aromatic heterocycles. The number of aromatic nitrogens is 2. The highest BCUT2D eigenvalue weighted by atomic mass is 16.5. The fraction of sp³-hybridized carbons (Fsp3) is 0.400. The van der Waals surface area contributed by atoms with Gasteiger partial charge in [0.15, 0.2) is 0 Å². The van der Waals surface area contributed by atoms with Crippen molar-refractivity contribution in [2.45, 2.75) is 12.5 Å². The smallest absolute Gasteiger partial charge is 0.328 e. The van der Waals surface area contributed by atoms with Crippen molar-refractivity contribution >= 4 is 17.6 Å². The molecule has 0 aliphatic rings. The first kappa shape index (κ1) is 14.5. The lowest BCUT2D eigenvalue weighted by atomic mass is 10.2. The molecule has 0 saturated heterocycles. The van der Waals surface area contributed by atoms with E-state index in [1.54, 1.807) is 0 Å². The number of carbonyl (C=O) groups excluding carboxylic acids is 2. The molecule has 1 aromatic rings. The Morgan fingerprint density at radius 2 is 2.00 bits per heavy atom. The summed E-state index contributed by atoms with van der Waals surface area (Å²) in [5.41, 5.74) is -1.47. The molecular weight excluding hydrogens is 258 g/mol. The van der Waals surface area contributed by atoms with Crippen molar-refractivity contribution in [3.05, 3.63) is 27.0 Å². The number of aromatic amines is 2. The summed E-state index contributed by atoms with van der Waals surface area (Å²) in [6.07, 6.45) is 0.774. The second-order valence-corrected chi connectivity index (χ2v) is 3.49. The molecule has 0 aliphatic carbocycles. The molecule has 1 rings (SSSR count). The van der Waals surface area contributed by atoms with Gasteiger partial charge in [-0.2, -0.15) is 0 Å². The van der Waals surface area contributed by atoms with Crippen LogP contribution in [0.25, 0.3) is 0 Å². The molecule has 0 spiro atoms. The number of esters is 2. The van der Waals surface area contributed by atoms with Crippen LogP contribution in [-0.4, -0.2) is 42.2 Å². The summed E-state index contributed by atoms with van der Waals surface area (Å²) in [4.78, 5) is 49.1. The first-order chi connectivity index (χ1) is 8.97. The average Bonchev–Trinajstić information content (AvgIpc) is 2.39. The van der Waals surface area contributed by atoms with Crippen LogP contribution in [0.2, 0.25) is 0 Å². The van der Waals surface area contributed by atoms with E-state index in [-0.39, 0.29) is 12.1 Å². The second-order valence-electron chi connectivity index (χ2n) is 3.49. The van der Waals surface area contributed by atoms with Gasteiger partial charge in [-0.3, -0.25) is 14.6 Å². The van der Waals surface area contributed by atoms with Gasteiger partial charge < -0.3 is 19.8 Å². The third-order valence-corrected chi connectivity index (χ3v) is 2.23. The Balaban J connectivity index is 2.93. The van der Waals surface area contributed by atoms with Crippen LogP contribution in [0.4, 0.5) is 5.69 Å². The third kappa shape index (κ3) is 3.98. The van der Waals surface area contributed by atoms with Crippen LogP contribution in [0.3, 0.4) is 0 Å². The molecule has 9 nitrogen and oxygen atoms in total. The molecule has 0 aliphatic heterocycles. The number of methoxy groups -OCH3 is 2. The second kappa shape index (κ2) is 6.38. The Morgan fingerprint density at radius 3 is 2.53 bits per heavy atom. The molecule has 0 fully saturated rings. The quantitative estimate of drug-likeness (QED) is 0.560. The van der Waals surface area contributed by atoms with Crippen LogP contribution in [0.1, 0.15) is 6.42 Å². The lowest BCUT2D eigenvalue weighted by Gasteiger charge is -2.15. The summed E-state index contributed by atoms with van der Waals surface area (Å²) in [5, 5.41) is 2.50. The number of H-pyrrole nitrogens is 2. The van der Waals surface area contributed by atoms with Crippen molar-refractivity contribution in [1.29, 1.82) is 0 Å². The normalized spacial score (nSPS) is 11.5. The summed E-state index contributed by atoms with van der Waals surface area (Å²) in [6, 6.07) is -1.09. The fourth-order valence-corrected chi connectivity index (χ4v) is 1.29. The first-order valence-corrected chi connectivity index (χ1v) is 5.21. The summed E-state index contributed by atoms with van der Waals surface area (Å²) in [6.45, 7) is 0. The van der Waals surface area contributed by atoms with Gasteiger partial charge in [0.1, 0.15) is 11.7 Å². The Morgan fingerprint density at radius 1 is 1.32 bits per heavy atom. The predicted molar refractivity (Wildman–Crippen MR) is 63.7 cm³/mol. The zero-order chi connectivity index (χ0) is 14.4. The topological polar surface area (TPSA) is 130 Å². The molecule has 1 heterocycles. The maximum absolute atomic E-state index is 11.5. The number of nitrogens with one attached hydrogen (secondary N) is 3. The summed E-state index contributed by atoms with van der Waals surface area (Å²) < 4.78 is 8.93. The van der Waals surface area contributed by atoms with Gasteiger partial charge in [0.05, 0.1) is 20.6 Å². The monoisotopic (exact) mass is 271 g/mol. The van der Waals surface area contributed by atoms with E-state index < -0.39 is 29.2 Å². The minimum Gasteiger partial charge on any atom is -0.469 e. The molecule has 1 unspecified atom stereocenters. The molecule has 1 atom stereocenters. The lowest BCUT2D eigenvalue weighted by molar-refractivity contribution is -0.148. The average molecular weight is 271 g/mol. The van der Waals surface area contributed by atoms with Crippen LogP contribution in [0, 0.1) is 0 Å². The van der Waals surface area contributed by atoms with E-state index in [9.17, 15) is 19.2 Å². The van der Waals surface area contributed by atoms with Gasteiger partial charge in [0, 0.05) is 6.20 Å². The van der Waals surface area contributed by atoms with Crippen molar-refractivity contribution in [1.82, 2.24) is 9.97 Å². The van der Waals surface area contributed by atoms with E-state index in [4.69, 9.17) is 0 Å². The zero-order valence-corrected chi connectivity index (χ0v) is 10.3. The molecule has 19 heavy (non-hydrogen) atoms. The summed E-state index contributed by atoms with van der Waals surface area (Å²) >= 11 is 0. The van der Waals surface area contributed by atoms with E-state index in [0.717, 1.165) is 13.3 Å². The molecule has 0 amide bonds. The van der Waals surface area contributed by atoms with Gasteiger partial charge in [-0.25, -0.2) is 9.59 Å². The third-order valence-electron chi connectivity index (χ3n) is 2.23. The lowest BCUT2D eigenvalue weighted by Crippen LogP contribution is -2.36. The number of hydrogen-bond acceptors (Lipinski definition) is 7. The standard InChI is InChI=1S/C10H13N3O6/c1-18-7(14)3-5(9(16)19-2)12-6-4-11-10(17)13-8(6)15/h4-5,12H,3H2,1-2H3,(H2,11,13,15,17). The van der Waals surface area contributed by atoms with E-state index in [1.807, 2.05) is 4.98 Å². The highest BCUT2D eigenvalue weighted by Crippen LogP contribution is 2.04. The van der Waals surface area contributed by atoms with Crippen molar-refractivity contribution in [2.24, 2.45) is 0 Å². The SMILES string of the molecule is COC(=O)CC(Nc1c[nH]c(=O)[nH]c1=O)C(=O)OC. The Kier molecular flexibility index (Phi) is 4.86.